The molecule has 2 aromatic rings. The predicted octanol–water partition coefficient (Wildman–Crippen LogP) is 4.72. The second-order valence-corrected chi connectivity index (χ2v) is 5.49. The lowest BCUT2D eigenvalue weighted by Gasteiger charge is -1.96. The average Bonchev–Trinajstić information content (AvgIpc) is 2.35. The summed E-state index contributed by atoms with van der Waals surface area (Å²) in [5, 5.41) is 3.32. The molecular formula is C8H4Br2S2. The predicted molar refractivity (Wildman–Crippen MR) is 64.5 cm³/mol. The van der Waals surface area contributed by atoms with Crippen LogP contribution in [0.5, 0.6) is 0 Å². The molecular weight excluding hydrogens is 320 g/mol. The monoisotopic (exact) mass is 322 g/mol. The van der Waals surface area contributed by atoms with Crippen molar-refractivity contribution < 1.29 is 0 Å². The summed E-state index contributed by atoms with van der Waals surface area (Å²) in [5.41, 5.74) is 0. The molecule has 62 valence electrons. The first-order valence-corrected chi connectivity index (χ1v) is 6.15. The van der Waals surface area contributed by atoms with E-state index in [0.717, 1.165) is 13.8 Å². The first kappa shape index (κ1) is 9.06. The van der Waals surface area contributed by atoms with E-state index in [9.17, 15) is 0 Å². The van der Waals surface area contributed by atoms with Crippen molar-refractivity contribution in [3.05, 3.63) is 26.5 Å². The lowest BCUT2D eigenvalue weighted by atomic mass is 10.3. The maximum absolute atomic E-state index is 4.33. The molecule has 0 N–H and O–H groups in total. The van der Waals surface area contributed by atoms with Gasteiger partial charge >= 0.3 is 0 Å². The number of fused-ring (bicyclic) bond motifs is 1. The van der Waals surface area contributed by atoms with Gasteiger partial charge < -0.3 is 0 Å². The lowest BCUT2D eigenvalue weighted by Crippen LogP contribution is -1.69. The molecule has 0 aliphatic carbocycles. The van der Waals surface area contributed by atoms with E-state index in [-0.39, 0.29) is 0 Å². The Balaban J connectivity index is 2.87. The number of hydrogen-bond acceptors (Lipinski definition) is 2. The molecule has 0 atom stereocenters. The summed E-state index contributed by atoms with van der Waals surface area (Å²) in [6, 6.07) is 4.15. The fourth-order valence-electron chi connectivity index (χ4n) is 1.01. The molecule has 0 radical (unpaired) electrons. The van der Waals surface area contributed by atoms with E-state index < -0.39 is 0 Å². The highest BCUT2D eigenvalue weighted by Crippen LogP contribution is 2.35. The molecule has 0 saturated heterocycles. The Morgan fingerprint density at radius 3 is 2.67 bits per heavy atom. The van der Waals surface area contributed by atoms with Crippen LogP contribution in [0.2, 0.25) is 0 Å². The molecule has 4 heteroatoms. The summed E-state index contributed by atoms with van der Waals surface area (Å²) in [4.78, 5) is 0.974. The maximum atomic E-state index is 4.33. The highest BCUT2D eigenvalue weighted by Gasteiger charge is 2.04. The van der Waals surface area contributed by atoms with Crippen LogP contribution >= 0.6 is 55.8 Å². The molecule has 0 nitrogen and oxygen atoms in total. The van der Waals surface area contributed by atoms with Gasteiger partial charge in [0, 0.05) is 29.3 Å². The van der Waals surface area contributed by atoms with E-state index in [2.05, 4.69) is 62.0 Å². The molecule has 0 aliphatic heterocycles. The van der Waals surface area contributed by atoms with Crippen LogP contribution < -0.4 is 0 Å². The Morgan fingerprint density at radius 1 is 1.17 bits per heavy atom. The van der Waals surface area contributed by atoms with Crippen molar-refractivity contribution in [1.82, 2.24) is 0 Å². The highest BCUT2D eigenvalue weighted by atomic mass is 79.9. The van der Waals surface area contributed by atoms with E-state index in [1.165, 1.54) is 10.1 Å². The van der Waals surface area contributed by atoms with Gasteiger partial charge in [-0.2, -0.15) is 0 Å². The van der Waals surface area contributed by atoms with Crippen LogP contribution in [0.3, 0.4) is 0 Å². The fourth-order valence-corrected chi connectivity index (χ4v) is 3.27. The molecule has 2 rings (SSSR count). The van der Waals surface area contributed by atoms with Crippen molar-refractivity contribution >= 4 is 65.9 Å². The van der Waals surface area contributed by atoms with Gasteiger partial charge in [0.15, 0.2) is 0 Å². The van der Waals surface area contributed by atoms with Crippen LogP contribution in [0.25, 0.3) is 10.1 Å². The summed E-state index contributed by atoms with van der Waals surface area (Å²) < 4.78 is 3.46. The third-order valence-corrected chi connectivity index (χ3v) is 4.83. The molecule has 1 aromatic carbocycles. The van der Waals surface area contributed by atoms with Crippen LogP contribution in [0.4, 0.5) is 0 Å². The molecule has 0 saturated carbocycles. The average molecular weight is 324 g/mol. The molecule has 1 heterocycles. The van der Waals surface area contributed by atoms with E-state index in [1.54, 1.807) is 11.3 Å². The van der Waals surface area contributed by atoms with Crippen molar-refractivity contribution in [3.8, 4) is 0 Å². The van der Waals surface area contributed by atoms with E-state index >= 15 is 0 Å². The van der Waals surface area contributed by atoms with Crippen LogP contribution in [-0.2, 0) is 0 Å². The summed E-state index contributed by atoms with van der Waals surface area (Å²) in [6.07, 6.45) is 0. The number of thiophene rings is 1. The molecule has 0 bridgehead atoms. The first-order valence-electron chi connectivity index (χ1n) is 3.23. The number of hydrogen-bond donors (Lipinski definition) is 1. The maximum Gasteiger partial charge on any atom is 0.0366 e. The smallest absolute Gasteiger partial charge is 0.0366 e. The van der Waals surface area contributed by atoms with Gasteiger partial charge in [-0.1, -0.05) is 0 Å². The van der Waals surface area contributed by atoms with Gasteiger partial charge in [-0.3, -0.25) is 0 Å². The van der Waals surface area contributed by atoms with Crippen molar-refractivity contribution in [2.75, 3.05) is 0 Å². The highest BCUT2D eigenvalue weighted by molar-refractivity contribution is 9.11. The fraction of sp³-hybridized carbons (Fsp3) is 0. The van der Waals surface area contributed by atoms with Crippen molar-refractivity contribution in [2.45, 2.75) is 4.90 Å². The second kappa shape index (κ2) is 3.33. The molecule has 0 spiro atoms. The van der Waals surface area contributed by atoms with Gasteiger partial charge in [0.25, 0.3) is 0 Å². The number of thiol groups is 1. The van der Waals surface area contributed by atoms with Crippen LogP contribution in [0.1, 0.15) is 0 Å². The topological polar surface area (TPSA) is 0 Å². The van der Waals surface area contributed by atoms with Gasteiger partial charge in [0.2, 0.25) is 0 Å². The minimum atomic E-state index is 0.974. The minimum Gasteiger partial charge on any atom is -0.143 e. The van der Waals surface area contributed by atoms with Gasteiger partial charge in [-0.05, 0) is 44.0 Å². The van der Waals surface area contributed by atoms with Crippen LogP contribution in [0.15, 0.2) is 31.4 Å². The molecule has 0 unspecified atom stereocenters. The largest absolute Gasteiger partial charge is 0.143 e. The Labute approximate surface area is 96.6 Å². The number of benzene rings is 1. The standard InChI is InChI=1S/C8H4Br2S2/c9-5-2-8-4(1-7(5)11)6(10)3-12-8/h1-3,11H. The number of rotatable bonds is 0. The molecule has 0 fully saturated rings. The molecule has 0 aliphatic rings. The van der Waals surface area contributed by atoms with E-state index in [1.807, 2.05) is 0 Å². The zero-order valence-corrected chi connectivity index (χ0v) is 10.7. The summed E-state index contributed by atoms with van der Waals surface area (Å²) in [7, 11) is 0. The SMILES string of the molecule is Sc1cc2c(Br)csc2cc1Br. The van der Waals surface area contributed by atoms with Crippen LogP contribution in [-0.4, -0.2) is 0 Å². The van der Waals surface area contributed by atoms with E-state index in [4.69, 9.17) is 0 Å². The van der Waals surface area contributed by atoms with Gasteiger partial charge in [-0.15, -0.1) is 24.0 Å². The first-order chi connectivity index (χ1) is 5.68. The molecule has 12 heavy (non-hydrogen) atoms. The molecule has 0 amide bonds. The van der Waals surface area contributed by atoms with E-state index in [0.29, 0.717) is 0 Å². The third-order valence-electron chi connectivity index (χ3n) is 1.60. The van der Waals surface area contributed by atoms with Gasteiger partial charge in [0.1, 0.15) is 0 Å². The Bertz CT molecular complexity index is 434. The lowest BCUT2D eigenvalue weighted by molar-refractivity contribution is 1.47. The summed E-state index contributed by atoms with van der Waals surface area (Å²) in [6.45, 7) is 0. The summed E-state index contributed by atoms with van der Waals surface area (Å²) >= 11 is 13.0. The van der Waals surface area contributed by atoms with Gasteiger partial charge in [0.05, 0.1) is 0 Å². The minimum absolute atomic E-state index is 0.974. The quantitative estimate of drug-likeness (QED) is 0.667. The Kier molecular flexibility index (Phi) is 2.51. The zero-order valence-electron chi connectivity index (χ0n) is 5.84. The van der Waals surface area contributed by atoms with Crippen molar-refractivity contribution in [2.24, 2.45) is 0 Å². The normalized spacial score (nSPS) is 10.9. The third kappa shape index (κ3) is 1.45. The van der Waals surface area contributed by atoms with Crippen LogP contribution in [0, 0.1) is 0 Å². The Morgan fingerprint density at radius 2 is 1.92 bits per heavy atom. The Hall–Kier alpha value is 0.490. The van der Waals surface area contributed by atoms with Crippen molar-refractivity contribution in [1.29, 1.82) is 0 Å². The second-order valence-electron chi connectivity index (χ2n) is 2.38. The summed E-state index contributed by atoms with van der Waals surface area (Å²) in [5.74, 6) is 0. The van der Waals surface area contributed by atoms with Gasteiger partial charge in [-0.25, -0.2) is 0 Å². The molecule has 1 aromatic heterocycles. The van der Waals surface area contributed by atoms with Crippen molar-refractivity contribution in [3.63, 3.8) is 0 Å². The zero-order chi connectivity index (χ0) is 8.72. The number of halogens is 2.